The molecule has 0 aliphatic heterocycles. The Labute approximate surface area is 295 Å². The average molecular weight is 758 g/mol. The Hall–Kier alpha value is -3.37. The van der Waals surface area contributed by atoms with Crippen molar-refractivity contribution in [1.29, 1.82) is 0 Å². The zero-order chi connectivity index (χ0) is 33.6. The fourth-order valence-electron chi connectivity index (χ4n) is 5.76. The monoisotopic (exact) mass is 755 g/mol. The first-order valence-corrected chi connectivity index (χ1v) is 18.4. The third-order valence-electron chi connectivity index (χ3n) is 8.29. The molecule has 1 aliphatic rings. The van der Waals surface area contributed by atoms with E-state index in [0.29, 0.717) is 0 Å². The summed E-state index contributed by atoms with van der Waals surface area (Å²) in [5, 5.41) is 3.58. The molecule has 1 N–H and O–H groups in total. The van der Waals surface area contributed by atoms with Gasteiger partial charge in [-0.2, -0.15) is 0 Å². The standard InChI is InChI=1S/C36H36BrCl2N3O4S/c1-25-14-17-31(18-15-25)47(45,46)42(30-16-19-32(38)33(39)22-30)24-35(43)41(23-27-10-7-11-28(37)20-27)34(21-26-8-3-2-4-9-26)36(44)40-29-12-5-6-13-29/h2-4,7-11,14-20,22,29,34H,5-6,12-13,21,23-24H2,1H3,(H,40,44). The van der Waals surface area contributed by atoms with Crippen molar-refractivity contribution in [2.75, 3.05) is 10.8 Å². The minimum absolute atomic E-state index is 0.0142. The van der Waals surface area contributed by atoms with E-state index in [0.717, 1.165) is 51.2 Å². The number of hydrogen-bond acceptors (Lipinski definition) is 4. The second kappa shape index (κ2) is 15.7. The lowest BCUT2D eigenvalue weighted by molar-refractivity contribution is -0.140. The summed E-state index contributed by atoms with van der Waals surface area (Å²) in [6.45, 7) is 1.36. The highest BCUT2D eigenvalue weighted by molar-refractivity contribution is 9.10. The number of carbonyl (C=O) groups is 2. The molecule has 0 radical (unpaired) electrons. The maximum Gasteiger partial charge on any atom is 0.264 e. The Morgan fingerprint density at radius 1 is 0.872 bits per heavy atom. The van der Waals surface area contributed by atoms with Crippen LogP contribution in [0.2, 0.25) is 10.0 Å². The molecule has 0 spiro atoms. The smallest absolute Gasteiger partial charge is 0.264 e. The van der Waals surface area contributed by atoms with Crippen molar-refractivity contribution < 1.29 is 18.0 Å². The maximum absolute atomic E-state index is 14.6. The summed E-state index contributed by atoms with van der Waals surface area (Å²) in [6, 6.07) is 27.0. The van der Waals surface area contributed by atoms with Crippen LogP contribution < -0.4 is 9.62 Å². The van der Waals surface area contributed by atoms with Gasteiger partial charge in [-0.05, 0) is 73.4 Å². The highest BCUT2D eigenvalue weighted by Gasteiger charge is 2.35. The Bertz CT molecular complexity index is 1820. The van der Waals surface area contributed by atoms with E-state index < -0.39 is 28.5 Å². The van der Waals surface area contributed by atoms with Crippen LogP contribution in [0.25, 0.3) is 0 Å². The van der Waals surface area contributed by atoms with E-state index in [2.05, 4.69) is 21.2 Å². The number of benzene rings is 4. The summed E-state index contributed by atoms with van der Waals surface area (Å²) in [6.07, 6.45) is 4.07. The van der Waals surface area contributed by atoms with Gasteiger partial charge in [0, 0.05) is 23.5 Å². The number of nitrogens with one attached hydrogen (secondary N) is 1. The number of anilines is 1. The van der Waals surface area contributed by atoms with Crippen molar-refractivity contribution >= 4 is 66.7 Å². The molecular formula is C36H36BrCl2N3O4S. The van der Waals surface area contributed by atoms with E-state index in [-0.39, 0.29) is 45.5 Å². The fourth-order valence-corrected chi connectivity index (χ4v) is 7.90. The summed E-state index contributed by atoms with van der Waals surface area (Å²) >= 11 is 16.1. The van der Waals surface area contributed by atoms with Crippen molar-refractivity contribution in [2.24, 2.45) is 0 Å². The number of sulfonamides is 1. The topological polar surface area (TPSA) is 86.8 Å². The van der Waals surface area contributed by atoms with Gasteiger partial charge in [-0.25, -0.2) is 8.42 Å². The molecule has 0 saturated heterocycles. The Morgan fingerprint density at radius 3 is 2.21 bits per heavy atom. The molecule has 2 amide bonds. The average Bonchev–Trinajstić information content (AvgIpc) is 3.56. The normalized spacial score (nSPS) is 14.0. The number of aryl methyl sites for hydroxylation is 1. The summed E-state index contributed by atoms with van der Waals surface area (Å²) in [5.74, 6) is -0.819. The highest BCUT2D eigenvalue weighted by Crippen LogP contribution is 2.31. The quantitative estimate of drug-likeness (QED) is 0.159. The Kier molecular flexibility index (Phi) is 11.7. The van der Waals surface area contributed by atoms with Gasteiger partial charge < -0.3 is 10.2 Å². The van der Waals surface area contributed by atoms with Crippen molar-refractivity contribution in [3.8, 4) is 0 Å². The second-order valence-electron chi connectivity index (χ2n) is 11.8. The Balaban J connectivity index is 1.58. The third-order valence-corrected chi connectivity index (χ3v) is 11.3. The molecule has 1 saturated carbocycles. The van der Waals surface area contributed by atoms with Gasteiger partial charge in [-0.1, -0.05) is 112 Å². The molecule has 11 heteroatoms. The summed E-state index contributed by atoms with van der Waals surface area (Å²) in [7, 11) is -4.26. The van der Waals surface area contributed by atoms with Crippen LogP contribution in [0.15, 0.2) is 106 Å². The van der Waals surface area contributed by atoms with Crippen LogP contribution in [-0.4, -0.2) is 43.8 Å². The van der Waals surface area contributed by atoms with E-state index in [1.54, 1.807) is 12.1 Å². The lowest BCUT2D eigenvalue weighted by Gasteiger charge is -2.34. The molecule has 246 valence electrons. The number of rotatable bonds is 12. The highest BCUT2D eigenvalue weighted by atomic mass is 79.9. The van der Waals surface area contributed by atoms with Crippen molar-refractivity contribution in [2.45, 2.75) is 62.6 Å². The van der Waals surface area contributed by atoms with Gasteiger partial charge in [0.1, 0.15) is 12.6 Å². The van der Waals surface area contributed by atoms with Gasteiger partial charge in [0.15, 0.2) is 0 Å². The predicted octanol–water partition coefficient (Wildman–Crippen LogP) is 7.96. The molecule has 1 unspecified atom stereocenters. The van der Waals surface area contributed by atoms with Crippen LogP contribution in [-0.2, 0) is 32.6 Å². The van der Waals surface area contributed by atoms with Crippen LogP contribution in [0.1, 0.15) is 42.4 Å². The first-order chi connectivity index (χ1) is 22.5. The Morgan fingerprint density at radius 2 is 1.55 bits per heavy atom. The van der Waals surface area contributed by atoms with Gasteiger partial charge in [-0.15, -0.1) is 0 Å². The number of halogens is 3. The molecule has 1 fully saturated rings. The molecule has 0 aromatic heterocycles. The van der Waals surface area contributed by atoms with Crippen LogP contribution >= 0.6 is 39.1 Å². The van der Waals surface area contributed by atoms with Crippen LogP contribution in [0.3, 0.4) is 0 Å². The predicted molar refractivity (Wildman–Crippen MR) is 191 cm³/mol. The van der Waals surface area contributed by atoms with Gasteiger partial charge in [0.2, 0.25) is 11.8 Å². The van der Waals surface area contributed by atoms with Crippen LogP contribution in [0, 0.1) is 6.92 Å². The first kappa shape index (κ1) is 35.0. The van der Waals surface area contributed by atoms with E-state index >= 15 is 0 Å². The fraction of sp³-hybridized carbons (Fsp3) is 0.278. The summed E-state index contributed by atoms with van der Waals surface area (Å²) in [5.41, 5.74) is 2.71. The molecule has 1 atom stereocenters. The zero-order valence-corrected chi connectivity index (χ0v) is 29.8. The van der Waals surface area contributed by atoms with E-state index in [9.17, 15) is 18.0 Å². The number of carbonyl (C=O) groups excluding carboxylic acids is 2. The van der Waals surface area contributed by atoms with Crippen molar-refractivity contribution in [3.05, 3.63) is 128 Å². The summed E-state index contributed by atoms with van der Waals surface area (Å²) < 4.78 is 30.3. The molecule has 7 nitrogen and oxygen atoms in total. The van der Waals surface area contributed by atoms with Crippen LogP contribution in [0.4, 0.5) is 5.69 Å². The molecule has 0 bridgehead atoms. The van der Waals surface area contributed by atoms with Crippen molar-refractivity contribution in [3.63, 3.8) is 0 Å². The molecule has 47 heavy (non-hydrogen) atoms. The first-order valence-electron chi connectivity index (χ1n) is 15.4. The minimum atomic E-state index is -4.26. The van der Waals surface area contributed by atoms with Gasteiger partial charge in [0.05, 0.1) is 20.6 Å². The third kappa shape index (κ3) is 8.96. The largest absolute Gasteiger partial charge is 0.352 e. The molecule has 4 aromatic carbocycles. The summed E-state index contributed by atoms with van der Waals surface area (Å²) in [4.78, 5) is 30.3. The molecule has 1 aliphatic carbocycles. The SMILES string of the molecule is Cc1ccc(S(=O)(=O)N(CC(=O)N(Cc2cccc(Br)c2)C(Cc2ccccc2)C(=O)NC2CCCC2)c2ccc(Cl)c(Cl)c2)cc1. The van der Waals surface area contributed by atoms with E-state index in [1.165, 1.54) is 35.2 Å². The number of nitrogens with zero attached hydrogens (tertiary/aromatic N) is 2. The molecule has 0 heterocycles. The minimum Gasteiger partial charge on any atom is -0.352 e. The van der Waals surface area contributed by atoms with Gasteiger partial charge >= 0.3 is 0 Å². The molecular weight excluding hydrogens is 721 g/mol. The lowest BCUT2D eigenvalue weighted by atomic mass is 10.0. The number of hydrogen-bond donors (Lipinski definition) is 1. The van der Waals surface area contributed by atoms with Gasteiger partial charge in [0.25, 0.3) is 10.0 Å². The maximum atomic E-state index is 14.6. The van der Waals surface area contributed by atoms with E-state index in [4.69, 9.17) is 23.2 Å². The van der Waals surface area contributed by atoms with Gasteiger partial charge in [-0.3, -0.25) is 13.9 Å². The second-order valence-corrected chi connectivity index (χ2v) is 15.4. The zero-order valence-electron chi connectivity index (χ0n) is 25.9. The number of amides is 2. The molecule has 5 rings (SSSR count). The lowest BCUT2D eigenvalue weighted by Crippen LogP contribution is -2.54. The van der Waals surface area contributed by atoms with Crippen LogP contribution in [0.5, 0.6) is 0 Å². The molecule has 4 aromatic rings. The van der Waals surface area contributed by atoms with E-state index in [1.807, 2.05) is 61.5 Å². The van der Waals surface area contributed by atoms with Crippen molar-refractivity contribution in [1.82, 2.24) is 10.2 Å².